The smallest absolute Gasteiger partial charge is 0.329 e. The summed E-state index contributed by atoms with van der Waals surface area (Å²) >= 11 is 0. The Bertz CT molecular complexity index is 1210. The molecular formula is C21H27N5O5. The van der Waals surface area contributed by atoms with Crippen LogP contribution in [0.15, 0.2) is 27.8 Å². The number of aliphatic hydroxyl groups is 1. The number of imidazole rings is 1. The minimum Gasteiger partial charge on any atom is -0.491 e. The molecule has 2 N–H and O–H groups in total. The number of H-pyrrole nitrogens is 1. The molecule has 166 valence electrons. The van der Waals surface area contributed by atoms with E-state index in [9.17, 15) is 14.7 Å². The summed E-state index contributed by atoms with van der Waals surface area (Å²) in [6, 6.07) is 5.76. The van der Waals surface area contributed by atoms with Crippen molar-refractivity contribution in [1.82, 2.24) is 19.1 Å². The topological polar surface area (TPSA) is 115 Å². The lowest BCUT2D eigenvalue weighted by atomic mass is 10.1. The summed E-state index contributed by atoms with van der Waals surface area (Å²) in [6.07, 6.45) is -0.893. The average Bonchev–Trinajstić information content (AvgIpc) is 3.13. The highest BCUT2D eigenvalue weighted by Crippen LogP contribution is 2.22. The second kappa shape index (κ2) is 8.56. The van der Waals surface area contributed by atoms with E-state index in [2.05, 4.69) is 9.97 Å². The molecule has 0 saturated carbocycles. The fraction of sp³-hybridized carbons (Fsp3) is 0.476. The van der Waals surface area contributed by atoms with E-state index < -0.39 is 17.4 Å². The number of hydrogen-bond acceptors (Lipinski definition) is 7. The van der Waals surface area contributed by atoms with Gasteiger partial charge in [-0.3, -0.25) is 14.3 Å². The predicted molar refractivity (Wildman–Crippen MR) is 116 cm³/mol. The number of aromatic nitrogens is 4. The molecule has 0 amide bonds. The first-order valence-electron chi connectivity index (χ1n) is 10.3. The van der Waals surface area contributed by atoms with Crippen LogP contribution in [0.2, 0.25) is 0 Å². The largest absolute Gasteiger partial charge is 0.491 e. The molecular weight excluding hydrogens is 402 g/mol. The van der Waals surface area contributed by atoms with E-state index in [0.29, 0.717) is 38.0 Å². The predicted octanol–water partition coefficient (Wildman–Crippen LogP) is 0.317. The van der Waals surface area contributed by atoms with Crippen molar-refractivity contribution in [3.63, 3.8) is 0 Å². The molecule has 4 rings (SSSR count). The van der Waals surface area contributed by atoms with Crippen molar-refractivity contribution in [2.24, 2.45) is 7.05 Å². The van der Waals surface area contributed by atoms with Gasteiger partial charge in [0.2, 0.25) is 5.95 Å². The number of aryl methyl sites for hydroxylation is 3. The molecule has 0 radical (unpaired) electrons. The van der Waals surface area contributed by atoms with Gasteiger partial charge in [-0.2, -0.15) is 4.98 Å². The number of rotatable bonds is 6. The Labute approximate surface area is 178 Å². The van der Waals surface area contributed by atoms with Gasteiger partial charge in [-0.1, -0.05) is 6.07 Å². The van der Waals surface area contributed by atoms with E-state index in [4.69, 9.17) is 9.47 Å². The fourth-order valence-electron chi connectivity index (χ4n) is 3.66. The van der Waals surface area contributed by atoms with Crippen LogP contribution in [0.3, 0.4) is 0 Å². The molecule has 10 nitrogen and oxygen atoms in total. The first kappa shape index (κ1) is 21.1. The highest BCUT2D eigenvalue weighted by molar-refractivity contribution is 5.74. The van der Waals surface area contributed by atoms with Gasteiger partial charge in [0.1, 0.15) is 18.5 Å². The van der Waals surface area contributed by atoms with Crippen LogP contribution < -0.4 is 20.9 Å². The summed E-state index contributed by atoms with van der Waals surface area (Å²) < 4.78 is 14.1. The number of hydrogen-bond donors (Lipinski definition) is 2. The van der Waals surface area contributed by atoms with Crippen molar-refractivity contribution in [3.05, 3.63) is 50.2 Å². The van der Waals surface area contributed by atoms with Gasteiger partial charge < -0.3 is 24.0 Å². The van der Waals surface area contributed by atoms with Crippen LogP contribution >= 0.6 is 0 Å². The van der Waals surface area contributed by atoms with Crippen LogP contribution in [0.1, 0.15) is 11.1 Å². The molecule has 1 aromatic carbocycles. The van der Waals surface area contributed by atoms with E-state index in [0.717, 1.165) is 11.1 Å². The number of morpholine rings is 1. The molecule has 1 aliphatic rings. The molecule has 31 heavy (non-hydrogen) atoms. The van der Waals surface area contributed by atoms with E-state index in [1.54, 1.807) is 11.6 Å². The Morgan fingerprint density at radius 2 is 1.97 bits per heavy atom. The number of nitrogens with one attached hydrogen (secondary N) is 1. The van der Waals surface area contributed by atoms with Gasteiger partial charge in [-0.25, -0.2) is 4.79 Å². The molecule has 1 unspecified atom stereocenters. The lowest BCUT2D eigenvalue weighted by Crippen LogP contribution is -2.39. The van der Waals surface area contributed by atoms with Gasteiger partial charge in [-0.05, 0) is 37.1 Å². The number of aliphatic hydroxyl groups excluding tert-OH is 1. The van der Waals surface area contributed by atoms with Gasteiger partial charge in [0.15, 0.2) is 11.2 Å². The molecule has 1 atom stereocenters. The maximum Gasteiger partial charge on any atom is 0.329 e. The second-order valence-electron chi connectivity index (χ2n) is 7.82. The quantitative estimate of drug-likeness (QED) is 0.580. The van der Waals surface area contributed by atoms with Crippen molar-refractivity contribution in [1.29, 1.82) is 0 Å². The van der Waals surface area contributed by atoms with Crippen LogP contribution in [0.5, 0.6) is 5.75 Å². The molecule has 1 fully saturated rings. The Morgan fingerprint density at radius 1 is 1.23 bits per heavy atom. The maximum atomic E-state index is 12.6. The van der Waals surface area contributed by atoms with E-state index in [1.807, 2.05) is 36.9 Å². The SMILES string of the molecule is Cc1ccc(OCC(O)Cn2c(N3CCOCC3)nc3c2c(=O)[nH]c(=O)n3C)cc1C. The third-order valence-electron chi connectivity index (χ3n) is 5.59. The monoisotopic (exact) mass is 429 g/mol. The fourth-order valence-corrected chi connectivity index (χ4v) is 3.66. The molecule has 1 saturated heterocycles. The number of anilines is 1. The van der Waals surface area contributed by atoms with Crippen molar-refractivity contribution in [2.75, 3.05) is 37.8 Å². The zero-order valence-corrected chi connectivity index (χ0v) is 17.9. The average molecular weight is 429 g/mol. The summed E-state index contributed by atoms with van der Waals surface area (Å²) in [7, 11) is 1.56. The second-order valence-corrected chi connectivity index (χ2v) is 7.82. The van der Waals surface area contributed by atoms with Gasteiger partial charge in [0.25, 0.3) is 5.56 Å². The third-order valence-corrected chi connectivity index (χ3v) is 5.59. The van der Waals surface area contributed by atoms with Crippen LogP contribution in [0.4, 0.5) is 5.95 Å². The van der Waals surface area contributed by atoms with E-state index >= 15 is 0 Å². The van der Waals surface area contributed by atoms with Crippen molar-refractivity contribution < 1.29 is 14.6 Å². The number of fused-ring (bicyclic) bond motifs is 1. The van der Waals surface area contributed by atoms with Crippen molar-refractivity contribution in [2.45, 2.75) is 26.5 Å². The van der Waals surface area contributed by atoms with Gasteiger partial charge in [0.05, 0.1) is 19.8 Å². The lowest BCUT2D eigenvalue weighted by molar-refractivity contribution is 0.0927. The minimum absolute atomic E-state index is 0.0500. The Balaban J connectivity index is 1.64. The van der Waals surface area contributed by atoms with Crippen LogP contribution in [0, 0.1) is 13.8 Å². The first-order valence-corrected chi connectivity index (χ1v) is 10.3. The zero-order valence-electron chi connectivity index (χ0n) is 17.9. The summed E-state index contributed by atoms with van der Waals surface area (Å²) in [5.41, 5.74) is 1.72. The molecule has 2 aromatic heterocycles. The Morgan fingerprint density at radius 3 is 2.68 bits per heavy atom. The molecule has 0 spiro atoms. The van der Waals surface area contributed by atoms with Crippen LogP contribution in [-0.2, 0) is 18.3 Å². The van der Waals surface area contributed by atoms with Gasteiger partial charge in [-0.15, -0.1) is 0 Å². The lowest BCUT2D eigenvalue weighted by Gasteiger charge is -2.28. The normalized spacial score (nSPS) is 15.4. The summed E-state index contributed by atoms with van der Waals surface area (Å²) in [5, 5.41) is 10.7. The Kier molecular flexibility index (Phi) is 5.84. The minimum atomic E-state index is -0.893. The van der Waals surface area contributed by atoms with Crippen molar-refractivity contribution in [3.8, 4) is 5.75 Å². The molecule has 0 aliphatic carbocycles. The molecule has 1 aliphatic heterocycles. The van der Waals surface area contributed by atoms with Gasteiger partial charge >= 0.3 is 5.69 Å². The highest BCUT2D eigenvalue weighted by atomic mass is 16.5. The zero-order chi connectivity index (χ0) is 22.1. The molecule has 10 heteroatoms. The standard InChI is InChI=1S/C21H27N5O5/c1-13-4-5-16(10-14(13)2)31-12-15(27)11-26-17-18(24(3)21(29)23-19(17)28)22-20(26)25-6-8-30-9-7-25/h4-5,10,15,27H,6-9,11-12H2,1-3H3,(H,23,28,29). The van der Waals surface area contributed by atoms with E-state index in [1.165, 1.54) is 4.57 Å². The summed E-state index contributed by atoms with van der Waals surface area (Å²) in [6.45, 7) is 6.45. The van der Waals surface area contributed by atoms with Crippen LogP contribution in [-0.4, -0.2) is 63.2 Å². The number of ether oxygens (including phenoxy) is 2. The van der Waals surface area contributed by atoms with E-state index in [-0.39, 0.29) is 24.3 Å². The van der Waals surface area contributed by atoms with Gasteiger partial charge in [0, 0.05) is 20.1 Å². The van der Waals surface area contributed by atoms with Crippen LogP contribution in [0.25, 0.3) is 11.2 Å². The highest BCUT2D eigenvalue weighted by Gasteiger charge is 2.24. The number of aromatic amines is 1. The maximum absolute atomic E-state index is 12.6. The Hall–Kier alpha value is -3.11. The molecule has 0 bridgehead atoms. The summed E-state index contributed by atoms with van der Waals surface area (Å²) in [5.74, 6) is 1.20. The summed E-state index contributed by atoms with van der Waals surface area (Å²) in [4.78, 5) is 33.5. The molecule has 3 aromatic rings. The third kappa shape index (κ3) is 4.21. The first-order chi connectivity index (χ1) is 14.8. The number of nitrogens with zero attached hydrogens (tertiary/aromatic N) is 4. The number of benzene rings is 1. The van der Waals surface area contributed by atoms with Crippen molar-refractivity contribution >= 4 is 17.1 Å². The molecule has 3 heterocycles.